The van der Waals surface area contributed by atoms with Crippen LogP contribution in [-0.2, 0) is 24.2 Å². The maximum Gasteiger partial charge on any atom is 0.223 e. The highest BCUT2D eigenvalue weighted by Gasteiger charge is 2.15. The van der Waals surface area contributed by atoms with Crippen molar-refractivity contribution in [3.8, 4) is 0 Å². The van der Waals surface area contributed by atoms with Gasteiger partial charge in [-0.25, -0.2) is 0 Å². The molecule has 4 heteroatoms. The standard InChI is InChI=1S/C22H24N2OS/c1-18-9-11-21(26-18)17-24(15-13-19-6-3-2-4-7-19)22(25)12-10-20-8-5-14-23-16-20/h2-9,11,14,16H,10,12-13,15,17H2,1H3. The van der Waals surface area contributed by atoms with Gasteiger partial charge in [0.1, 0.15) is 0 Å². The van der Waals surface area contributed by atoms with Crippen molar-refractivity contribution in [2.24, 2.45) is 0 Å². The fourth-order valence-electron chi connectivity index (χ4n) is 2.91. The first kappa shape index (κ1) is 18.3. The number of aromatic nitrogens is 1. The Kier molecular flexibility index (Phi) is 6.56. The normalized spacial score (nSPS) is 10.7. The van der Waals surface area contributed by atoms with Gasteiger partial charge in [-0.05, 0) is 49.1 Å². The molecule has 0 radical (unpaired) electrons. The highest BCUT2D eigenvalue weighted by Crippen LogP contribution is 2.18. The predicted octanol–water partition coefficient (Wildman–Crippen LogP) is 4.66. The third kappa shape index (κ3) is 5.53. The lowest BCUT2D eigenvalue weighted by atomic mass is 10.1. The summed E-state index contributed by atoms with van der Waals surface area (Å²) in [5, 5.41) is 0. The Bertz CT molecular complexity index is 814. The van der Waals surface area contributed by atoms with E-state index < -0.39 is 0 Å². The molecule has 0 unspecified atom stereocenters. The third-order valence-corrected chi connectivity index (χ3v) is 5.34. The summed E-state index contributed by atoms with van der Waals surface area (Å²) in [5.41, 5.74) is 2.37. The molecule has 0 aliphatic carbocycles. The summed E-state index contributed by atoms with van der Waals surface area (Å²) >= 11 is 1.77. The van der Waals surface area contributed by atoms with E-state index in [0.29, 0.717) is 13.0 Å². The van der Waals surface area contributed by atoms with E-state index in [4.69, 9.17) is 0 Å². The first-order valence-electron chi connectivity index (χ1n) is 8.96. The van der Waals surface area contributed by atoms with Crippen molar-refractivity contribution >= 4 is 17.2 Å². The van der Waals surface area contributed by atoms with Gasteiger partial charge in [0.25, 0.3) is 0 Å². The maximum absolute atomic E-state index is 12.9. The van der Waals surface area contributed by atoms with Crippen LogP contribution in [0.1, 0.15) is 27.3 Å². The van der Waals surface area contributed by atoms with E-state index in [-0.39, 0.29) is 5.91 Å². The van der Waals surface area contributed by atoms with Crippen LogP contribution in [-0.4, -0.2) is 22.3 Å². The summed E-state index contributed by atoms with van der Waals surface area (Å²) in [6.45, 7) is 3.54. The van der Waals surface area contributed by atoms with E-state index in [1.165, 1.54) is 15.3 Å². The second kappa shape index (κ2) is 9.30. The molecular formula is C22H24N2OS. The van der Waals surface area contributed by atoms with Gasteiger partial charge < -0.3 is 4.90 Å². The Morgan fingerprint density at radius 2 is 1.81 bits per heavy atom. The molecule has 1 amide bonds. The Hall–Kier alpha value is -2.46. The molecule has 0 spiro atoms. The number of amides is 1. The highest BCUT2D eigenvalue weighted by atomic mass is 32.1. The fraction of sp³-hybridized carbons (Fsp3) is 0.273. The van der Waals surface area contributed by atoms with Crippen LogP contribution in [0.2, 0.25) is 0 Å². The average Bonchev–Trinajstić information content (AvgIpc) is 3.09. The number of thiophene rings is 1. The lowest BCUT2D eigenvalue weighted by Crippen LogP contribution is -2.32. The van der Waals surface area contributed by atoms with Crippen LogP contribution in [0.4, 0.5) is 0 Å². The van der Waals surface area contributed by atoms with Gasteiger partial charge in [0.05, 0.1) is 6.54 Å². The number of benzene rings is 1. The molecule has 0 aliphatic heterocycles. The zero-order valence-electron chi connectivity index (χ0n) is 15.1. The minimum atomic E-state index is 0.204. The zero-order valence-corrected chi connectivity index (χ0v) is 15.9. The predicted molar refractivity (Wildman–Crippen MR) is 107 cm³/mol. The number of carbonyl (C=O) groups is 1. The third-order valence-electron chi connectivity index (χ3n) is 4.36. The summed E-state index contributed by atoms with van der Waals surface area (Å²) in [4.78, 5) is 21.5. The van der Waals surface area contributed by atoms with Crippen molar-refractivity contribution < 1.29 is 4.79 Å². The Balaban J connectivity index is 1.63. The van der Waals surface area contributed by atoms with Gasteiger partial charge in [0, 0.05) is 35.1 Å². The molecule has 2 heterocycles. The number of rotatable bonds is 8. The first-order chi connectivity index (χ1) is 12.7. The second-order valence-electron chi connectivity index (χ2n) is 6.42. The van der Waals surface area contributed by atoms with E-state index in [2.05, 4.69) is 36.2 Å². The van der Waals surface area contributed by atoms with Gasteiger partial charge in [0.2, 0.25) is 5.91 Å². The van der Waals surface area contributed by atoms with E-state index in [1.807, 2.05) is 41.4 Å². The monoisotopic (exact) mass is 364 g/mol. The second-order valence-corrected chi connectivity index (χ2v) is 7.80. The zero-order chi connectivity index (χ0) is 18.2. The number of pyridine rings is 1. The van der Waals surface area contributed by atoms with Crippen LogP contribution in [0, 0.1) is 6.92 Å². The van der Waals surface area contributed by atoms with Crippen molar-refractivity contribution in [3.05, 3.63) is 87.9 Å². The Morgan fingerprint density at radius 1 is 1.00 bits per heavy atom. The molecule has 0 aliphatic rings. The molecule has 0 atom stereocenters. The fourth-order valence-corrected chi connectivity index (χ4v) is 3.82. The van der Waals surface area contributed by atoms with Crippen LogP contribution >= 0.6 is 11.3 Å². The number of hydrogen-bond acceptors (Lipinski definition) is 3. The number of aryl methyl sites for hydroxylation is 2. The number of nitrogens with zero attached hydrogens (tertiary/aromatic N) is 2. The van der Waals surface area contributed by atoms with Crippen LogP contribution in [0.5, 0.6) is 0 Å². The SMILES string of the molecule is Cc1ccc(CN(CCc2ccccc2)C(=O)CCc2cccnc2)s1. The van der Waals surface area contributed by atoms with Crippen molar-refractivity contribution in [2.45, 2.75) is 32.7 Å². The minimum absolute atomic E-state index is 0.204. The average molecular weight is 365 g/mol. The van der Waals surface area contributed by atoms with Gasteiger partial charge in [-0.3, -0.25) is 9.78 Å². The molecular weight excluding hydrogens is 340 g/mol. The minimum Gasteiger partial charge on any atom is -0.337 e. The molecule has 0 saturated carbocycles. The molecule has 0 bridgehead atoms. The summed E-state index contributed by atoms with van der Waals surface area (Å²) in [6, 6.07) is 18.5. The van der Waals surface area contributed by atoms with Gasteiger partial charge in [-0.1, -0.05) is 36.4 Å². The largest absolute Gasteiger partial charge is 0.337 e. The first-order valence-corrected chi connectivity index (χ1v) is 9.78. The van der Waals surface area contributed by atoms with Gasteiger partial charge >= 0.3 is 0 Å². The topological polar surface area (TPSA) is 33.2 Å². The lowest BCUT2D eigenvalue weighted by Gasteiger charge is -2.22. The maximum atomic E-state index is 12.9. The number of hydrogen-bond donors (Lipinski definition) is 0. The molecule has 3 aromatic rings. The lowest BCUT2D eigenvalue weighted by molar-refractivity contribution is -0.131. The molecule has 0 N–H and O–H groups in total. The Labute approximate surface area is 159 Å². The smallest absolute Gasteiger partial charge is 0.223 e. The molecule has 3 nitrogen and oxygen atoms in total. The molecule has 1 aromatic carbocycles. The summed E-state index contributed by atoms with van der Waals surface area (Å²) in [7, 11) is 0. The summed E-state index contributed by atoms with van der Waals surface area (Å²) < 4.78 is 0. The highest BCUT2D eigenvalue weighted by molar-refractivity contribution is 7.11. The van der Waals surface area contributed by atoms with Gasteiger partial charge in [-0.15, -0.1) is 11.3 Å². The van der Waals surface area contributed by atoms with Crippen LogP contribution < -0.4 is 0 Å². The summed E-state index contributed by atoms with van der Waals surface area (Å²) in [6.07, 6.45) is 5.73. The van der Waals surface area contributed by atoms with E-state index >= 15 is 0 Å². The Morgan fingerprint density at radius 3 is 2.50 bits per heavy atom. The van der Waals surface area contributed by atoms with E-state index in [9.17, 15) is 4.79 Å². The van der Waals surface area contributed by atoms with Crippen LogP contribution in [0.25, 0.3) is 0 Å². The number of carbonyl (C=O) groups excluding carboxylic acids is 1. The molecule has 26 heavy (non-hydrogen) atoms. The molecule has 134 valence electrons. The molecule has 2 aromatic heterocycles. The molecule has 3 rings (SSSR count). The quantitative estimate of drug-likeness (QED) is 0.583. The van der Waals surface area contributed by atoms with Crippen LogP contribution in [0.3, 0.4) is 0 Å². The van der Waals surface area contributed by atoms with Crippen molar-refractivity contribution in [1.82, 2.24) is 9.88 Å². The van der Waals surface area contributed by atoms with Crippen LogP contribution in [0.15, 0.2) is 67.0 Å². The van der Waals surface area contributed by atoms with E-state index in [1.54, 1.807) is 17.5 Å². The van der Waals surface area contributed by atoms with Crippen molar-refractivity contribution in [1.29, 1.82) is 0 Å². The van der Waals surface area contributed by atoms with Crippen molar-refractivity contribution in [2.75, 3.05) is 6.54 Å². The van der Waals surface area contributed by atoms with Gasteiger partial charge in [0.15, 0.2) is 0 Å². The van der Waals surface area contributed by atoms with Gasteiger partial charge in [-0.2, -0.15) is 0 Å². The molecule has 0 saturated heterocycles. The summed E-state index contributed by atoms with van der Waals surface area (Å²) in [5.74, 6) is 0.204. The molecule has 0 fully saturated rings. The van der Waals surface area contributed by atoms with Crippen molar-refractivity contribution in [3.63, 3.8) is 0 Å². The van der Waals surface area contributed by atoms with E-state index in [0.717, 1.165) is 24.9 Å².